The summed E-state index contributed by atoms with van der Waals surface area (Å²) in [5.41, 5.74) is 5.07. The van der Waals surface area contributed by atoms with Gasteiger partial charge in [-0.3, -0.25) is 4.79 Å². The summed E-state index contributed by atoms with van der Waals surface area (Å²) in [7, 11) is 0. The summed E-state index contributed by atoms with van der Waals surface area (Å²) >= 11 is 0. The van der Waals surface area contributed by atoms with Crippen molar-refractivity contribution in [3.05, 3.63) is 11.8 Å². The number of carbonyl (C=O) groups excluding carboxylic acids is 1. The summed E-state index contributed by atoms with van der Waals surface area (Å²) in [5, 5.41) is 0. The highest BCUT2D eigenvalue weighted by molar-refractivity contribution is 5.71. The van der Waals surface area contributed by atoms with Crippen molar-refractivity contribution in [2.45, 2.75) is 6.92 Å². The zero-order valence-corrected chi connectivity index (χ0v) is 3.56. The van der Waals surface area contributed by atoms with E-state index in [0.717, 1.165) is 0 Å². The zero-order valence-electron chi connectivity index (χ0n) is 3.56. The molecular weight excluding hydrogens is 78.0 g/mol. The molecule has 0 rings (SSSR count). The van der Waals surface area contributed by atoms with Crippen molar-refractivity contribution in [2.75, 3.05) is 0 Å². The Balaban J connectivity index is 3.50. The second-order valence-corrected chi connectivity index (χ2v) is 0.846. The van der Waals surface area contributed by atoms with Gasteiger partial charge in [0.2, 0.25) is 6.29 Å². The third-order valence-electron chi connectivity index (χ3n) is 0.429. The Morgan fingerprint density at radius 2 is 2.50 bits per heavy atom. The molecule has 0 fully saturated rings. The molecule has 0 atom stereocenters. The smallest absolute Gasteiger partial charge is 0.250 e. The fraction of sp³-hybridized carbons (Fsp3) is 0.250. The van der Waals surface area contributed by atoms with E-state index in [1.165, 1.54) is 12.4 Å². The lowest BCUT2D eigenvalue weighted by molar-refractivity contribution is 0.561. The van der Waals surface area contributed by atoms with Crippen molar-refractivity contribution in [3.63, 3.8) is 0 Å². The van der Waals surface area contributed by atoms with Gasteiger partial charge < -0.3 is 5.73 Å². The number of hydrogen-bond acceptors (Lipinski definition) is 2. The molecule has 0 saturated heterocycles. The normalized spacial score (nSPS) is 11.2. The van der Waals surface area contributed by atoms with Crippen molar-refractivity contribution >= 4 is 6.29 Å². The monoisotopic (exact) mass is 84.0 g/mol. The van der Waals surface area contributed by atoms with Gasteiger partial charge in [0, 0.05) is 0 Å². The number of rotatable bonds is 1. The third kappa shape index (κ3) is 1.52. The van der Waals surface area contributed by atoms with Crippen LogP contribution < -0.4 is 5.73 Å². The van der Waals surface area contributed by atoms with Gasteiger partial charge in [0.1, 0.15) is 0 Å². The molecule has 2 N–H and O–H groups in total. The molecule has 0 aromatic rings. The minimum absolute atomic E-state index is 0.162. The Bertz CT molecular complexity index is 75.6. The first kappa shape index (κ1) is 5.21. The van der Waals surface area contributed by atoms with Crippen LogP contribution in [0.5, 0.6) is 0 Å². The lowest BCUT2D eigenvalue weighted by Crippen LogP contribution is -1.95. The molecule has 0 aliphatic heterocycles. The molecule has 6 heavy (non-hydrogen) atoms. The topological polar surface area (TPSA) is 43.1 Å². The lowest BCUT2D eigenvalue weighted by atomic mass is 10.5. The van der Waals surface area contributed by atoms with E-state index in [1.807, 2.05) is 0 Å². The van der Waals surface area contributed by atoms with E-state index in [0.29, 0.717) is 0 Å². The summed E-state index contributed by atoms with van der Waals surface area (Å²) in [4.78, 5) is 9.42. The van der Waals surface area contributed by atoms with Gasteiger partial charge in [-0.25, -0.2) is 0 Å². The van der Waals surface area contributed by atoms with Gasteiger partial charge in [-0.05, 0) is 6.92 Å². The van der Waals surface area contributed by atoms with Crippen LogP contribution in [-0.4, -0.2) is 6.29 Å². The molecule has 0 unspecified atom stereocenters. The first-order valence-corrected chi connectivity index (χ1v) is 1.61. The first-order valence-electron chi connectivity index (χ1n) is 1.61. The van der Waals surface area contributed by atoms with E-state index < -0.39 is 0 Å². The van der Waals surface area contributed by atoms with Gasteiger partial charge in [0.25, 0.3) is 0 Å². The summed E-state index contributed by atoms with van der Waals surface area (Å²) in [6.45, 7) is 1.68. The van der Waals surface area contributed by atoms with Crippen molar-refractivity contribution in [2.24, 2.45) is 5.73 Å². The molecule has 0 aliphatic carbocycles. The molecule has 0 amide bonds. The van der Waals surface area contributed by atoms with Gasteiger partial charge in [-0.1, -0.05) is 6.08 Å². The lowest BCUT2D eigenvalue weighted by Gasteiger charge is -1.74. The maximum Gasteiger partial charge on any atom is 0.250 e. The summed E-state index contributed by atoms with van der Waals surface area (Å²) < 4.78 is 0. The average molecular weight is 84.1 g/mol. The molecule has 2 nitrogen and oxygen atoms in total. The SMILES string of the molecule is C/C=C(/N)[C]=O. The van der Waals surface area contributed by atoms with E-state index in [9.17, 15) is 4.79 Å². The summed E-state index contributed by atoms with van der Waals surface area (Å²) in [5.74, 6) is 0. The average Bonchev–Trinajstić information content (AvgIpc) is 1.65. The van der Waals surface area contributed by atoms with E-state index in [2.05, 4.69) is 0 Å². The Labute approximate surface area is 36.6 Å². The summed E-state index contributed by atoms with van der Waals surface area (Å²) in [6, 6.07) is 0. The minimum atomic E-state index is 0.162. The second-order valence-electron chi connectivity index (χ2n) is 0.846. The van der Waals surface area contributed by atoms with Crippen LogP contribution in [0, 0.1) is 0 Å². The van der Waals surface area contributed by atoms with Crippen molar-refractivity contribution in [3.8, 4) is 0 Å². The molecule has 0 heterocycles. The Morgan fingerprint density at radius 1 is 2.00 bits per heavy atom. The van der Waals surface area contributed by atoms with Gasteiger partial charge >= 0.3 is 0 Å². The van der Waals surface area contributed by atoms with E-state index in [1.54, 1.807) is 6.92 Å². The number of nitrogens with two attached hydrogens (primary N) is 1. The molecule has 0 aromatic carbocycles. The largest absolute Gasteiger partial charge is 0.396 e. The van der Waals surface area contributed by atoms with E-state index >= 15 is 0 Å². The summed E-state index contributed by atoms with van der Waals surface area (Å²) in [6.07, 6.45) is 3.00. The Morgan fingerprint density at radius 3 is 2.50 bits per heavy atom. The molecule has 2 heteroatoms. The highest BCUT2D eigenvalue weighted by Crippen LogP contribution is 1.69. The second kappa shape index (κ2) is 2.45. The molecule has 0 aliphatic rings. The van der Waals surface area contributed by atoms with Crippen LogP contribution in [0.1, 0.15) is 6.92 Å². The van der Waals surface area contributed by atoms with Crippen LogP contribution in [0.4, 0.5) is 0 Å². The standard InChI is InChI=1S/C4H6NO/c1-2-4(5)3-6/h2H,5H2,1H3/b4-2+. The molecule has 0 aromatic heterocycles. The fourth-order valence-corrected chi connectivity index (χ4v) is 0.0589. The molecular formula is C4H6NO. The van der Waals surface area contributed by atoms with Crippen LogP contribution >= 0.6 is 0 Å². The molecule has 1 radical (unpaired) electrons. The predicted molar refractivity (Wildman–Crippen MR) is 23.6 cm³/mol. The third-order valence-corrected chi connectivity index (χ3v) is 0.429. The number of hydrogen-bond donors (Lipinski definition) is 1. The van der Waals surface area contributed by atoms with Gasteiger partial charge in [-0.15, -0.1) is 0 Å². The van der Waals surface area contributed by atoms with Gasteiger partial charge in [0.05, 0.1) is 5.70 Å². The fourth-order valence-electron chi connectivity index (χ4n) is 0.0589. The highest BCUT2D eigenvalue weighted by atomic mass is 16.1. The van der Waals surface area contributed by atoms with Crippen molar-refractivity contribution < 1.29 is 4.79 Å². The molecule has 33 valence electrons. The van der Waals surface area contributed by atoms with Crippen molar-refractivity contribution in [1.82, 2.24) is 0 Å². The van der Waals surface area contributed by atoms with E-state index in [-0.39, 0.29) is 5.70 Å². The van der Waals surface area contributed by atoms with Gasteiger partial charge in [-0.2, -0.15) is 0 Å². The van der Waals surface area contributed by atoms with Crippen molar-refractivity contribution in [1.29, 1.82) is 0 Å². The maximum atomic E-state index is 9.42. The quantitative estimate of drug-likeness (QED) is 0.453. The van der Waals surface area contributed by atoms with E-state index in [4.69, 9.17) is 5.73 Å². The first-order chi connectivity index (χ1) is 2.81. The van der Waals surface area contributed by atoms with Crippen LogP contribution in [0.15, 0.2) is 11.8 Å². The zero-order chi connectivity index (χ0) is 4.99. The minimum Gasteiger partial charge on any atom is -0.396 e. The highest BCUT2D eigenvalue weighted by Gasteiger charge is 1.75. The number of allylic oxidation sites excluding steroid dienone is 2. The predicted octanol–water partition coefficient (Wildman–Crippen LogP) is -0.0414. The maximum absolute atomic E-state index is 9.42. The molecule has 0 saturated carbocycles. The molecule has 0 spiro atoms. The Hall–Kier alpha value is -0.790. The van der Waals surface area contributed by atoms with Gasteiger partial charge in [0.15, 0.2) is 0 Å². The van der Waals surface area contributed by atoms with Crippen LogP contribution in [0.2, 0.25) is 0 Å². The van der Waals surface area contributed by atoms with Crippen LogP contribution in [0.25, 0.3) is 0 Å². The Kier molecular flexibility index (Phi) is 2.13. The molecule has 0 bridgehead atoms. The van der Waals surface area contributed by atoms with Crippen LogP contribution in [0.3, 0.4) is 0 Å². The van der Waals surface area contributed by atoms with Crippen LogP contribution in [-0.2, 0) is 4.79 Å².